The molecule has 0 bridgehead atoms. The van der Waals surface area contributed by atoms with E-state index in [2.05, 4.69) is 35.6 Å². The normalized spacial score (nSPS) is 28.8. The van der Waals surface area contributed by atoms with Gasteiger partial charge in [-0.25, -0.2) is 4.98 Å². The van der Waals surface area contributed by atoms with Crippen molar-refractivity contribution in [3.63, 3.8) is 0 Å². The van der Waals surface area contributed by atoms with E-state index in [1.165, 1.54) is 49.5 Å². The largest absolute Gasteiger partial charge is 0.298 e. The first-order chi connectivity index (χ1) is 9.65. The average molecular weight is 293 g/mol. The van der Waals surface area contributed by atoms with Crippen molar-refractivity contribution in [2.45, 2.75) is 58.7 Å². The summed E-state index contributed by atoms with van der Waals surface area (Å²) >= 11 is 1.82. The van der Waals surface area contributed by atoms with Gasteiger partial charge in [-0.1, -0.05) is 20.3 Å². The molecule has 3 rings (SSSR count). The second-order valence-electron chi connectivity index (χ2n) is 6.75. The topological polar surface area (TPSA) is 19.4 Å². The van der Waals surface area contributed by atoms with Crippen LogP contribution < -0.4 is 0 Å². The molecule has 2 aliphatic heterocycles. The van der Waals surface area contributed by atoms with E-state index in [0.717, 1.165) is 18.5 Å². The van der Waals surface area contributed by atoms with Gasteiger partial charge in [0.05, 0.1) is 11.2 Å². The number of thiazole rings is 1. The van der Waals surface area contributed by atoms with Crippen molar-refractivity contribution in [2.75, 3.05) is 19.6 Å². The Kier molecular flexibility index (Phi) is 4.43. The van der Waals surface area contributed by atoms with Crippen molar-refractivity contribution in [1.82, 2.24) is 14.8 Å². The van der Waals surface area contributed by atoms with Crippen LogP contribution in [0.15, 0.2) is 5.51 Å². The van der Waals surface area contributed by atoms with E-state index in [1.807, 2.05) is 16.8 Å². The maximum atomic E-state index is 4.41. The second kappa shape index (κ2) is 6.12. The summed E-state index contributed by atoms with van der Waals surface area (Å²) in [5.41, 5.74) is 3.22. The third-order valence-corrected chi connectivity index (χ3v) is 5.97. The minimum atomic E-state index is 0.700. The fourth-order valence-electron chi connectivity index (χ4n) is 3.75. The van der Waals surface area contributed by atoms with Gasteiger partial charge in [0.15, 0.2) is 0 Å². The Balaban J connectivity index is 1.74. The average Bonchev–Trinajstić information content (AvgIpc) is 2.83. The molecule has 0 aromatic carbocycles. The molecule has 112 valence electrons. The van der Waals surface area contributed by atoms with Gasteiger partial charge in [-0.2, -0.15) is 0 Å². The predicted octanol–water partition coefficient (Wildman–Crippen LogP) is 3.15. The number of hydrogen-bond donors (Lipinski definition) is 0. The van der Waals surface area contributed by atoms with Crippen molar-refractivity contribution in [1.29, 1.82) is 0 Å². The summed E-state index contributed by atoms with van der Waals surface area (Å²) in [4.78, 5) is 11.4. The van der Waals surface area contributed by atoms with Gasteiger partial charge in [0.25, 0.3) is 0 Å². The highest BCUT2D eigenvalue weighted by Crippen LogP contribution is 2.29. The summed E-state index contributed by atoms with van der Waals surface area (Å²) in [7, 11) is 0. The SMILES string of the molecule is Cc1ncsc1CN1CC2CCCCN2CC1C(C)C. The van der Waals surface area contributed by atoms with E-state index >= 15 is 0 Å². The van der Waals surface area contributed by atoms with Crippen LogP contribution >= 0.6 is 11.3 Å². The Labute approximate surface area is 127 Å². The number of fused-ring (bicyclic) bond motifs is 1. The molecule has 2 fully saturated rings. The van der Waals surface area contributed by atoms with Gasteiger partial charge in [-0.15, -0.1) is 11.3 Å². The lowest BCUT2D eigenvalue weighted by Gasteiger charge is -2.49. The molecule has 2 unspecified atom stereocenters. The monoisotopic (exact) mass is 293 g/mol. The van der Waals surface area contributed by atoms with Gasteiger partial charge in [0.1, 0.15) is 0 Å². The summed E-state index contributed by atoms with van der Waals surface area (Å²) in [6.45, 7) is 11.8. The lowest BCUT2D eigenvalue weighted by molar-refractivity contribution is -0.0114. The van der Waals surface area contributed by atoms with Crippen LogP contribution in [0.4, 0.5) is 0 Å². The first-order valence-corrected chi connectivity index (χ1v) is 8.90. The third-order valence-electron chi connectivity index (χ3n) is 5.05. The maximum absolute atomic E-state index is 4.41. The zero-order valence-corrected chi connectivity index (χ0v) is 13.8. The maximum Gasteiger partial charge on any atom is 0.0798 e. The van der Waals surface area contributed by atoms with Gasteiger partial charge in [-0.3, -0.25) is 9.80 Å². The molecule has 0 aliphatic carbocycles. The number of aryl methyl sites for hydroxylation is 1. The Morgan fingerprint density at radius 2 is 2.20 bits per heavy atom. The van der Waals surface area contributed by atoms with E-state index in [1.54, 1.807) is 0 Å². The second-order valence-corrected chi connectivity index (χ2v) is 7.69. The number of rotatable bonds is 3. The molecule has 1 aromatic rings. The van der Waals surface area contributed by atoms with Crippen molar-refractivity contribution in [3.8, 4) is 0 Å². The Bertz CT molecular complexity index is 443. The smallest absolute Gasteiger partial charge is 0.0798 e. The Morgan fingerprint density at radius 3 is 2.90 bits per heavy atom. The minimum Gasteiger partial charge on any atom is -0.298 e. The molecule has 3 heterocycles. The van der Waals surface area contributed by atoms with Gasteiger partial charge in [-0.05, 0) is 32.2 Å². The first kappa shape index (κ1) is 14.5. The number of aromatic nitrogens is 1. The molecule has 2 atom stereocenters. The molecule has 4 heteroatoms. The summed E-state index contributed by atoms with van der Waals surface area (Å²) in [6.07, 6.45) is 4.21. The highest BCUT2D eigenvalue weighted by atomic mass is 32.1. The zero-order chi connectivity index (χ0) is 14.1. The van der Waals surface area contributed by atoms with Crippen molar-refractivity contribution in [3.05, 3.63) is 16.1 Å². The van der Waals surface area contributed by atoms with Crippen LogP contribution in [0.1, 0.15) is 43.7 Å². The highest BCUT2D eigenvalue weighted by molar-refractivity contribution is 7.09. The summed E-state index contributed by atoms with van der Waals surface area (Å²) in [5.74, 6) is 0.728. The van der Waals surface area contributed by atoms with Gasteiger partial charge >= 0.3 is 0 Å². The highest BCUT2D eigenvalue weighted by Gasteiger charge is 2.36. The molecule has 2 aliphatic rings. The number of hydrogen-bond acceptors (Lipinski definition) is 4. The van der Waals surface area contributed by atoms with E-state index in [9.17, 15) is 0 Å². The fourth-order valence-corrected chi connectivity index (χ4v) is 4.55. The molecular formula is C16H27N3S. The minimum absolute atomic E-state index is 0.700. The van der Waals surface area contributed by atoms with Gasteiger partial charge < -0.3 is 0 Å². The lowest BCUT2D eigenvalue weighted by atomic mass is 9.92. The Hall–Kier alpha value is -0.450. The van der Waals surface area contributed by atoms with E-state index < -0.39 is 0 Å². The summed E-state index contributed by atoms with van der Waals surface area (Å²) in [5, 5.41) is 0. The van der Waals surface area contributed by atoms with Crippen LogP contribution in [-0.2, 0) is 6.54 Å². The van der Waals surface area contributed by atoms with Gasteiger partial charge in [0.2, 0.25) is 0 Å². The number of nitrogens with zero attached hydrogens (tertiary/aromatic N) is 3. The first-order valence-electron chi connectivity index (χ1n) is 8.02. The van der Waals surface area contributed by atoms with E-state index in [4.69, 9.17) is 0 Å². The fraction of sp³-hybridized carbons (Fsp3) is 0.812. The van der Waals surface area contributed by atoms with Crippen molar-refractivity contribution >= 4 is 11.3 Å². The molecule has 3 nitrogen and oxygen atoms in total. The predicted molar refractivity (Wildman–Crippen MR) is 85.1 cm³/mol. The standard InChI is InChI=1S/C16H27N3S/c1-12(2)15-9-18-7-5-4-6-14(18)8-19(15)10-16-13(3)17-11-20-16/h11-12,14-15H,4-10H2,1-3H3. The number of piperidine rings is 1. The molecule has 0 radical (unpaired) electrons. The molecule has 0 amide bonds. The molecule has 20 heavy (non-hydrogen) atoms. The molecule has 1 aromatic heterocycles. The number of piperazine rings is 1. The van der Waals surface area contributed by atoms with E-state index in [0.29, 0.717) is 6.04 Å². The van der Waals surface area contributed by atoms with Crippen LogP contribution in [0.5, 0.6) is 0 Å². The quantitative estimate of drug-likeness (QED) is 0.853. The van der Waals surface area contributed by atoms with Crippen LogP contribution in [0, 0.1) is 12.8 Å². The van der Waals surface area contributed by atoms with Crippen LogP contribution in [0.2, 0.25) is 0 Å². The van der Waals surface area contributed by atoms with Crippen LogP contribution in [0.3, 0.4) is 0 Å². The molecule has 0 spiro atoms. The van der Waals surface area contributed by atoms with Gasteiger partial charge in [0, 0.05) is 36.6 Å². The molecule has 2 saturated heterocycles. The van der Waals surface area contributed by atoms with Crippen molar-refractivity contribution in [2.24, 2.45) is 5.92 Å². The molecular weight excluding hydrogens is 266 g/mol. The van der Waals surface area contributed by atoms with Crippen molar-refractivity contribution < 1.29 is 0 Å². The molecule has 0 N–H and O–H groups in total. The summed E-state index contributed by atoms with van der Waals surface area (Å²) < 4.78 is 0. The lowest BCUT2D eigenvalue weighted by Crippen LogP contribution is -2.60. The third kappa shape index (κ3) is 2.92. The van der Waals surface area contributed by atoms with Crippen LogP contribution in [-0.4, -0.2) is 46.5 Å². The summed E-state index contributed by atoms with van der Waals surface area (Å²) in [6, 6.07) is 1.50. The molecule has 0 saturated carbocycles. The van der Waals surface area contributed by atoms with Crippen LogP contribution in [0.25, 0.3) is 0 Å². The zero-order valence-electron chi connectivity index (χ0n) is 13.0. The van der Waals surface area contributed by atoms with E-state index in [-0.39, 0.29) is 0 Å². The Morgan fingerprint density at radius 1 is 1.35 bits per heavy atom.